The molecule has 0 aromatic heterocycles. The van der Waals surface area contributed by atoms with Gasteiger partial charge >= 0.3 is 0 Å². The number of fused-ring (bicyclic) bond motifs is 1. The van der Waals surface area contributed by atoms with Crippen molar-refractivity contribution in [2.45, 2.75) is 12.6 Å². The van der Waals surface area contributed by atoms with E-state index < -0.39 is 0 Å². The van der Waals surface area contributed by atoms with Gasteiger partial charge in [0.15, 0.2) is 11.5 Å². The number of ether oxygens (including phenoxy) is 3. The molecule has 1 aromatic carbocycles. The second kappa shape index (κ2) is 4.72. The van der Waals surface area contributed by atoms with Gasteiger partial charge in [-0.15, -0.1) is 0 Å². The molecule has 1 atom stereocenters. The van der Waals surface area contributed by atoms with Crippen LogP contribution in [0.25, 0.3) is 0 Å². The van der Waals surface area contributed by atoms with Crippen molar-refractivity contribution in [3.63, 3.8) is 0 Å². The minimum Gasteiger partial charge on any atom is -0.493 e. The summed E-state index contributed by atoms with van der Waals surface area (Å²) in [5.41, 5.74) is 2.38. The van der Waals surface area contributed by atoms with Crippen LogP contribution < -0.4 is 14.8 Å². The van der Waals surface area contributed by atoms with Crippen molar-refractivity contribution in [1.82, 2.24) is 5.32 Å². The summed E-state index contributed by atoms with van der Waals surface area (Å²) in [6, 6.07) is 4.01. The third-order valence-electron chi connectivity index (χ3n) is 2.92. The molecule has 0 aliphatic carbocycles. The molecule has 4 nitrogen and oxygen atoms in total. The van der Waals surface area contributed by atoms with E-state index in [1.165, 1.54) is 11.1 Å². The summed E-state index contributed by atoms with van der Waals surface area (Å²) in [5.74, 6) is 1.52. The first-order chi connectivity index (χ1) is 7.80. The number of rotatable bonds is 3. The highest BCUT2D eigenvalue weighted by Gasteiger charge is 2.22. The smallest absolute Gasteiger partial charge is 0.161 e. The van der Waals surface area contributed by atoms with Gasteiger partial charge in [-0.05, 0) is 23.3 Å². The van der Waals surface area contributed by atoms with Crippen molar-refractivity contribution in [2.24, 2.45) is 0 Å². The predicted molar refractivity (Wildman–Crippen MR) is 61.0 cm³/mol. The monoisotopic (exact) mass is 223 g/mol. The van der Waals surface area contributed by atoms with E-state index in [4.69, 9.17) is 14.2 Å². The molecule has 0 bridgehead atoms. The van der Waals surface area contributed by atoms with Gasteiger partial charge in [0.2, 0.25) is 0 Å². The second-order valence-electron chi connectivity index (χ2n) is 3.76. The minimum atomic E-state index is 0.0866. The summed E-state index contributed by atoms with van der Waals surface area (Å²) in [6.45, 7) is 1.68. The van der Waals surface area contributed by atoms with E-state index in [0.717, 1.165) is 24.6 Å². The van der Waals surface area contributed by atoms with Gasteiger partial charge in [0.1, 0.15) is 0 Å². The molecule has 0 amide bonds. The molecule has 0 fully saturated rings. The summed E-state index contributed by atoms with van der Waals surface area (Å²) in [4.78, 5) is 0. The Morgan fingerprint density at radius 3 is 2.44 bits per heavy atom. The molecule has 0 saturated heterocycles. The molecule has 0 spiro atoms. The molecule has 0 radical (unpaired) electrons. The maximum Gasteiger partial charge on any atom is 0.161 e. The molecule has 1 aliphatic heterocycles. The zero-order chi connectivity index (χ0) is 11.5. The molecule has 1 aliphatic rings. The Bertz CT molecular complexity index is 379. The highest BCUT2D eigenvalue weighted by molar-refractivity contribution is 5.49. The lowest BCUT2D eigenvalue weighted by Gasteiger charge is -2.26. The van der Waals surface area contributed by atoms with E-state index in [1.807, 2.05) is 12.1 Å². The molecule has 4 heteroatoms. The van der Waals surface area contributed by atoms with Crippen molar-refractivity contribution in [1.29, 1.82) is 0 Å². The Morgan fingerprint density at radius 1 is 1.12 bits per heavy atom. The normalized spacial score (nSPS) is 19.1. The Balaban J connectivity index is 2.46. The largest absolute Gasteiger partial charge is 0.493 e. The Labute approximate surface area is 95.5 Å². The third kappa shape index (κ3) is 1.86. The Kier molecular flexibility index (Phi) is 3.31. The van der Waals surface area contributed by atoms with Crippen LogP contribution in [0.3, 0.4) is 0 Å². The van der Waals surface area contributed by atoms with E-state index in [1.54, 1.807) is 21.3 Å². The van der Waals surface area contributed by atoms with Crippen LogP contribution in [0.15, 0.2) is 12.1 Å². The van der Waals surface area contributed by atoms with Gasteiger partial charge in [-0.25, -0.2) is 0 Å². The average molecular weight is 223 g/mol. The summed E-state index contributed by atoms with van der Waals surface area (Å²) >= 11 is 0. The lowest BCUT2D eigenvalue weighted by atomic mass is 9.98. The Hall–Kier alpha value is -1.26. The van der Waals surface area contributed by atoms with Crippen molar-refractivity contribution >= 4 is 0 Å². The summed E-state index contributed by atoms with van der Waals surface area (Å²) in [6.07, 6.45) is 0.0866. The fraction of sp³-hybridized carbons (Fsp3) is 0.500. The quantitative estimate of drug-likeness (QED) is 0.843. The fourth-order valence-corrected chi connectivity index (χ4v) is 2.05. The molecule has 16 heavy (non-hydrogen) atoms. The maximum atomic E-state index is 5.43. The Morgan fingerprint density at radius 2 is 1.81 bits per heavy atom. The fourth-order valence-electron chi connectivity index (χ4n) is 2.05. The van der Waals surface area contributed by atoms with Crippen LogP contribution in [0.1, 0.15) is 17.2 Å². The molecule has 1 heterocycles. The van der Waals surface area contributed by atoms with Crippen LogP contribution >= 0.6 is 0 Å². The van der Waals surface area contributed by atoms with E-state index in [0.29, 0.717) is 0 Å². The standard InChI is InChI=1S/C12H17NO3/c1-14-10-4-8-6-13-7-12(16-3)9(8)5-11(10)15-2/h4-5,12-13H,6-7H2,1-3H3. The summed E-state index contributed by atoms with van der Waals surface area (Å²) in [7, 11) is 5.01. The minimum absolute atomic E-state index is 0.0866. The van der Waals surface area contributed by atoms with Crippen molar-refractivity contribution in [2.75, 3.05) is 27.9 Å². The van der Waals surface area contributed by atoms with Crippen LogP contribution in [-0.4, -0.2) is 27.9 Å². The third-order valence-corrected chi connectivity index (χ3v) is 2.92. The lowest BCUT2D eigenvalue weighted by Crippen LogP contribution is -2.29. The lowest BCUT2D eigenvalue weighted by molar-refractivity contribution is 0.0952. The van der Waals surface area contributed by atoms with Crippen LogP contribution in [0.5, 0.6) is 11.5 Å². The molecule has 1 N–H and O–H groups in total. The predicted octanol–water partition coefficient (Wildman–Crippen LogP) is 1.49. The first kappa shape index (κ1) is 11.2. The zero-order valence-electron chi connectivity index (χ0n) is 9.87. The summed E-state index contributed by atoms with van der Waals surface area (Å²) in [5, 5.41) is 3.31. The number of methoxy groups -OCH3 is 3. The molecule has 1 aromatic rings. The van der Waals surface area contributed by atoms with Gasteiger partial charge in [0, 0.05) is 20.2 Å². The highest BCUT2D eigenvalue weighted by atomic mass is 16.5. The van der Waals surface area contributed by atoms with Crippen LogP contribution in [0.2, 0.25) is 0 Å². The summed E-state index contributed by atoms with van der Waals surface area (Å²) < 4.78 is 16.0. The molecule has 2 rings (SSSR count). The molecule has 1 unspecified atom stereocenters. The molecule has 0 saturated carbocycles. The van der Waals surface area contributed by atoms with Crippen molar-refractivity contribution in [3.8, 4) is 11.5 Å². The first-order valence-corrected chi connectivity index (χ1v) is 5.28. The number of nitrogens with one attached hydrogen (secondary N) is 1. The van der Waals surface area contributed by atoms with E-state index in [9.17, 15) is 0 Å². The van der Waals surface area contributed by atoms with Gasteiger partial charge in [-0.3, -0.25) is 0 Å². The average Bonchev–Trinajstić information content (AvgIpc) is 2.36. The number of hydrogen-bond acceptors (Lipinski definition) is 4. The number of benzene rings is 1. The van der Waals surface area contributed by atoms with Gasteiger partial charge in [0.25, 0.3) is 0 Å². The van der Waals surface area contributed by atoms with E-state index in [2.05, 4.69) is 5.32 Å². The van der Waals surface area contributed by atoms with E-state index in [-0.39, 0.29) is 6.10 Å². The van der Waals surface area contributed by atoms with Gasteiger partial charge in [-0.2, -0.15) is 0 Å². The van der Waals surface area contributed by atoms with Crippen LogP contribution in [0.4, 0.5) is 0 Å². The molecule has 88 valence electrons. The molecular weight excluding hydrogens is 206 g/mol. The van der Waals surface area contributed by atoms with Crippen molar-refractivity contribution < 1.29 is 14.2 Å². The highest BCUT2D eigenvalue weighted by Crippen LogP contribution is 2.35. The molecular formula is C12H17NO3. The zero-order valence-corrected chi connectivity index (χ0v) is 9.87. The topological polar surface area (TPSA) is 39.7 Å². The van der Waals surface area contributed by atoms with Crippen LogP contribution in [0, 0.1) is 0 Å². The van der Waals surface area contributed by atoms with Gasteiger partial charge < -0.3 is 19.5 Å². The first-order valence-electron chi connectivity index (χ1n) is 5.28. The van der Waals surface area contributed by atoms with Crippen molar-refractivity contribution in [3.05, 3.63) is 23.3 Å². The SMILES string of the molecule is COc1cc2c(cc1OC)C(OC)CNC2. The van der Waals surface area contributed by atoms with Gasteiger partial charge in [0.05, 0.1) is 20.3 Å². The second-order valence-corrected chi connectivity index (χ2v) is 3.76. The van der Waals surface area contributed by atoms with E-state index >= 15 is 0 Å². The van der Waals surface area contributed by atoms with Gasteiger partial charge in [-0.1, -0.05) is 0 Å². The maximum absolute atomic E-state index is 5.43. The van der Waals surface area contributed by atoms with Crippen LogP contribution in [-0.2, 0) is 11.3 Å². The number of hydrogen-bond donors (Lipinski definition) is 1.